The predicted molar refractivity (Wildman–Crippen MR) is 66.5 cm³/mol. The normalized spacial score (nSPS) is 17.2. The lowest BCUT2D eigenvalue weighted by Crippen LogP contribution is -2.20. The van der Waals surface area contributed by atoms with Gasteiger partial charge in [-0.2, -0.15) is 0 Å². The molecule has 3 heteroatoms. The molecular formula is C13H21N3. The molecule has 1 aromatic rings. The van der Waals surface area contributed by atoms with E-state index in [-0.39, 0.29) is 0 Å². The van der Waals surface area contributed by atoms with E-state index in [0.29, 0.717) is 6.04 Å². The number of nitrogens with zero attached hydrogens (tertiary/aromatic N) is 2. The van der Waals surface area contributed by atoms with Gasteiger partial charge in [-0.25, -0.2) is 9.97 Å². The molecular weight excluding hydrogens is 198 g/mol. The summed E-state index contributed by atoms with van der Waals surface area (Å²) in [6.07, 6.45) is 5.29. The van der Waals surface area contributed by atoms with Crippen molar-refractivity contribution in [3.63, 3.8) is 0 Å². The van der Waals surface area contributed by atoms with E-state index in [0.717, 1.165) is 23.3 Å². The average Bonchev–Trinajstić information content (AvgIpc) is 2.99. The monoisotopic (exact) mass is 219 g/mol. The zero-order chi connectivity index (χ0) is 11.5. The molecule has 3 nitrogen and oxygen atoms in total. The van der Waals surface area contributed by atoms with Crippen LogP contribution in [0.3, 0.4) is 0 Å². The molecule has 16 heavy (non-hydrogen) atoms. The molecule has 0 aliphatic heterocycles. The first-order valence-electron chi connectivity index (χ1n) is 6.26. The topological polar surface area (TPSA) is 37.8 Å². The van der Waals surface area contributed by atoms with Gasteiger partial charge in [0.15, 0.2) is 0 Å². The van der Waals surface area contributed by atoms with Crippen molar-refractivity contribution in [2.24, 2.45) is 5.92 Å². The van der Waals surface area contributed by atoms with E-state index in [9.17, 15) is 0 Å². The highest BCUT2D eigenvalue weighted by Crippen LogP contribution is 2.34. The van der Waals surface area contributed by atoms with Crippen LogP contribution in [-0.2, 0) is 0 Å². The molecule has 1 N–H and O–H groups in total. The van der Waals surface area contributed by atoms with Crippen molar-refractivity contribution in [2.75, 3.05) is 5.32 Å². The number of aromatic nitrogens is 2. The van der Waals surface area contributed by atoms with E-state index < -0.39 is 0 Å². The summed E-state index contributed by atoms with van der Waals surface area (Å²) in [4.78, 5) is 8.72. The van der Waals surface area contributed by atoms with Crippen molar-refractivity contribution in [2.45, 2.75) is 52.5 Å². The molecule has 1 aliphatic carbocycles. The summed E-state index contributed by atoms with van der Waals surface area (Å²) in [7, 11) is 0. The van der Waals surface area contributed by atoms with Gasteiger partial charge in [0, 0.05) is 17.8 Å². The minimum absolute atomic E-state index is 0.571. The van der Waals surface area contributed by atoms with Gasteiger partial charge in [0.1, 0.15) is 11.6 Å². The zero-order valence-electron chi connectivity index (χ0n) is 10.5. The molecule has 1 aliphatic rings. The minimum atomic E-state index is 0.571. The quantitative estimate of drug-likeness (QED) is 0.827. The van der Waals surface area contributed by atoms with E-state index >= 15 is 0 Å². The van der Waals surface area contributed by atoms with Gasteiger partial charge in [0.25, 0.3) is 0 Å². The molecule has 0 aromatic carbocycles. The van der Waals surface area contributed by atoms with Crippen LogP contribution < -0.4 is 5.32 Å². The lowest BCUT2D eigenvalue weighted by atomic mass is 10.1. The van der Waals surface area contributed by atoms with Crippen molar-refractivity contribution in [1.29, 1.82) is 0 Å². The Hall–Kier alpha value is -1.12. The van der Waals surface area contributed by atoms with Gasteiger partial charge in [-0.05, 0) is 32.6 Å². The molecule has 1 saturated carbocycles. The Morgan fingerprint density at radius 1 is 1.38 bits per heavy atom. The summed E-state index contributed by atoms with van der Waals surface area (Å²) >= 11 is 0. The number of nitrogens with one attached hydrogen (secondary N) is 1. The number of aryl methyl sites for hydroxylation is 2. The van der Waals surface area contributed by atoms with E-state index in [1.165, 1.54) is 25.7 Å². The summed E-state index contributed by atoms with van der Waals surface area (Å²) in [6.45, 7) is 6.20. The van der Waals surface area contributed by atoms with Crippen LogP contribution >= 0.6 is 0 Å². The lowest BCUT2D eigenvalue weighted by molar-refractivity contribution is 0.584. The molecule has 1 atom stereocenters. The third-order valence-electron chi connectivity index (χ3n) is 3.13. The van der Waals surface area contributed by atoms with Crippen LogP contribution in [0.1, 0.15) is 44.1 Å². The van der Waals surface area contributed by atoms with Crippen LogP contribution in [0.5, 0.6) is 0 Å². The standard InChI is InChI=1S/C13H21N3/c1-4-12(8-11-5-6-11)16-13-7-9(2)14-10(3)15-13/h7,11-12H,4-6,8H2,1-3H3,(H,14,15,16). The predicted octanol–water partition coefficient (Wildman–Crippen LogP) is 3.08. The third-order valence-corrected chi connectivity index (χ3v) is 3.13. The Bertz CT molecular complexity index is 338. The van der Waals surface area contributed by atoms with E-state index in [2.05, 4.69) is 22.2 Å². The maximum atomic E-state index is 4.43. The van der Waals surface area contributed by atoms with Crippen molar-refractivity contribution < 1.29 is 0 Å². The summed E-state index contributed by atoms with van der Waals surface area (Å²) < 4.78 is 0. The molecule has 2 rings (SSSR count). The van der Waals surface area contributed by atoms with Crippen LogP contribution in [0, 0.1) is 19.8 Å². The highest BCUT2D eigenvalue weighted by molar-refractivity contribution is 5.36. The molecule has 88 valence electrons. The van der Waals surface area contributed by atoms with Crippen LogP contribution in [0.25, 0.3) is 0 Å². The molecule has 0 spiro atoms. The fourth-order valence-electron chi connectivity index (χ4n) is 2.08. The van der Waals surface area contributed by atoms with Crippen LogP contribution in [0.2, 0.25) is 0 Å². The molecule has 0 saturated heterocycles. The Balaban J connectivity index is 1.99. The SMILES string of the molecule is CCC(CC1CC1)Nc1cc(C)nc(C)n1. The zero-order valence-corrected chi connectivity index (χ0v) is 10.5. The molecule has 0 radical (unpaired) electrons. The maximum absolute atomic E-state index is 4.43. The number of rotatable bonds is 5. The molecule has 0 bridgehead atoms. The summed E-state index contributed by atoms with van der Waals surface area (Å²) in [6, 6.07) is 2.60. The molecule has 1 fully saturated rings. The second kappa shape index (κ2) is 4.81. The fourth-order valence-corrected chi connectivity index (χ4v) is 2.08. The van der Waals surface area contributed by atoms with Gasteiger partial charge in [0.05, 0.1) is 0 Å². The molecule has 1 aromatic heterocycles. The highest BCUT2D eigenvalue weighted by Gasteiger charge is 2.24. The van der Waals surface area contributed by atoms with Crippen LogP contribution in [0.15, 0.2) is 6.07 Å². The number of hydrogen-bond donors (Lipinski definition) is 1. The van der Waals surface area contributed by atoms with E-state index in [4.69, 9.17) is 0 Å². The summed E-state index contributed by atoms with van der Waals surface area (Å²) in [5, 5.41) is 3.53. The first-order valence-corrected chi connectivity index (χ1v) is 6.26. The van der Waals surface area contributed by atoms with Crippen molar-refractivity contribution in [3.05, 3.63) is 17.6 Å². The molecule has 1 heterocycles. The van der Waals surface area contributed by atoms with Gasteiger partial charge in [0.2, 0.25) is 0 Å². The Morgan fingerprint density at radius 3 is 2.69 bits per heavy atom. The summed E-state index contributed by atoms with van der Waals surface area (Å²) in [5.41, 5.74) is 1.04. The molecule has 1 unspecified atom stereocenters. The van der Waals surface area contributed by atoms with Gasteiger partial charge >= 0.3 is 0 Å². The van der Waals surface area contributed by atoms with Gasteiger partial charge in [-0.3, -0.25) is 0 Å². The lowest BCUT2D eigenvalue weighted by Gasteiger charge is -2.17. The maximum Gasteiger partial charge on any atom is 0.130 e. The van der Waals surface area contributed by atoms with Crippen molar-refractivity contribution in [1.82, 2.24) is 9.97 Å². The van der Waals surface area contributed by atoms with Gasteiger partial charge < -0.3 is 5.32 Å². The van der Waals surface area contributed by atoms with E-state index in [1.54, 1.807) is 0 Å². The Morgan fingerprint density at radius 2 is 2.12 bits per heavy atom. The average molecular weight is 219 g/mol. The van der Waals surface area contributed by atoms with Crippen LogP contribution in [-0.4, -0.2) is 16.0 Å². The van der Waals surface area contributed by atoms with Crippen molar-refractivity contribution >= 4 is 5.82 Å². The number of anilines is 1. The Labute approximate surface area is 97.7 Å². The van der Waals surface area contributed by atoms with Crippen LogP contribution in [0.4, 0.5) is 5.82 Å². The van der Waals surface area contributed by atoms with E-state index in [1.807, 2.05) is 19.9 Å². The Kier molecular flexibility index (Phi) is 3.42. The number of hydrogen-bond acceptors (Lipinski definition) is 3. The fraction of sp³-hybridized carbons (Fsp3) is 0.692. The first-order chi connectivity index (χ1) is 7.67. The summed E-state index contributed by atoms with van der Waals surface area (Å²) in [5.74, 6) is 2.79. The third kappa shape index (κ3) is 3.19. The second-order valence-corrected chi connectivity index (χ2v) is 4.87. The molecule has 0 amide bonds. The second-order valence-electron chi connectivity index (χ2n) is 4.87. The first kappa shape index (κ1) is 11.4. The largest absolute Gasteiger partial charge is 0.367 e. The van der Waals surface area contributed by atoms with Crippen molar-refractivity contribution in [3.8, 4) is 0 Å². The highest BCUT2D eigenvalue weighted by atomic mass is 15.0. The smallest absolute Gasteiger partial charge is 0.130 e. The van der Waals surface area contributed by atoms with Gasteiger partial charge in [-0.15, -0.1) is 0 Å². The minimum Gasteiger partial charge on any atom is -0.367 e. The van der Waals surface area contributed by atoms with Gasteiger partial charge in [-0.1, -0.05) is 19.8 Å².